The van der Waals surface area contributed by atoms with Gasteiger partial charge in [-0.05, 0) is 49.7 Å². The van der Waals surface area contributed by atoms with E-state index >= 15 is 0 Å². The van der Waals surface area contributed by atoms with Crippen LogP contribution in [-0.2, 0) is 4.79 Å². The highest BCUT2D eigenvalue weighted by Gasteiger charge is 2.13. The average molecular weight is 256 g/mol. The van der Waals surface area contributed by atoms with Crippen molar-refractivity contribution in [1.82, 2.24) is 0 Å². The molecule has 0 spiro atoms. The second-order valence-electron chi connectivity index (χ2n) is 5.87. The van der Waals surface area contributed by atoms with Crippen LogP contribution < -0.4 is 0 Å². The van der Waals surface area contributed by atoms with Crippen LogP contribution in [0.25, 0.3) is 0 Å². The van der Waals surface area contributed by atoms with Gasteiger partial charge in [0.1, 0.15) is 0 Å². The van der Waals surface area contributed by atoms with Gasteiger partial charge in [0.05, 0.1) is 0 Å². The molecule has 1 aliphatic carbocycles. The predicted octanol–water partition coefficient (Wildman–Crippen LogP) is 4.80. The number of ketones is 1. The van der Waals surface area contributed by atoms with Gasteiger partial charge < -0.3 is 0 Å². The van der Waals surface area contributed by atoms with E-state index in [9.17, 15) is 4.79 Å². The number of hydrogen-bond donors (Lipinski definition) is 0. The molecular formula is C18H24O. The first kappa shape index (κ1) is 14.0. The van der Waals surface area contributed by atoms with Gasteiger partial charge in [-0.1, -0.05) is 49.2 Å². The van der Waals surface area contributed by atoms with Crippen LogP contribution in [0, 0.1) is 12.8 Å². The molecule has 0 bridgehead atoms. The number of rotatable bonds is 5. The first-order chi connectivity index (χ1) is 9.15. The van der Waals surface area contributed by atoms with Gasteiger partial charge in [-0.2, -0.15) is 0 Å². The standard InChI is InChI=1S/C18H24O/c1-14-6-10-17(11-7-14)15(2)4-3-5-16-8-12-18(19)13-9-16/h6-8,10-12,15-16H,3-5,9,13H2,1-2H3/t15-,16-/m0/s1. The smallest absolute Gasteiger partial charge is 0.155 e. The van der Waals surface area contributed by atoms with Crippen LogP contribution in [0.1, 0.15) is 56.1 Å². The van der Waals surface area contributed by atoms with Crippen LogP contribution in [0.15, 0.2) is 36.4 Å². The minimum Gasteiger partial charge on any atom is -0.295 e. The van der Waals surface area contributed by atoms with Gasteiger partial charge in [0.2, 0.25) is 0 Å². The van der Waals surface area contributed by atoms with Crippen molar-refractivity contribution >= 4 is 5.78 Å². The molecule has 2 rings (SSSR count). The quantitative estimate of drug-likeness (QED) is 0.739. The fourth-order valence-electron chi connectivity index (χ4n) is 2.74. The van der Waals surface area contributed by atoms with Crippen molar-refractivity contribution in [2.75, 3.05) is 0 Å². The molecule has 1 nitrogen and oxygen atoms in total. The minimum absolute atomic E-state index is 0.296. The van der Waals surface area contributed by atoms with Gasteiger partial charge in [0.15, 0.2) is 5.78 Å². The molecule has 0 N–H and O–H groups in total. The Morgan fingerprint density at radius 2 is 2.00 bits per heavy atom. The van der Waals surface area contributed by atoms with E-state index in [4.69, 9.17) is 0 Å². The van der Waals surface area contributed by atoms with Gasteiger partial charge in [-0.3, -0.25) is 4.79 Å². The van der Waals surface area contributed by atoms with Gasteiger partial charge >= 0.3 is 0 Å². The number of carbonyl (C=O) groups excluding carboxylic acids is 1. The number of benzene rings is 1. The van der Waals surface area contributed by atoms with Crippen molar-refractivity contribution in [1.29, 1.82) is 0 Å². The van der Waals surface area contributed by atoms with Gasteiger partial charge in [0.25, 0.3) is 0 Å². The van der Waals surface area contributed by atoms with Crippen molar-refractivity contribution < 1.29 is 4.79 Å². The van der Waals surface area contributed by atoms with Gasteiger partial charge in [0, 0.05) is 6.42 Å². The van der Waals surface area contributed by atoms with Crippen LogP contribution in [0.2, 0.25) is 0 Å². The van der Waals surface area contributed by atoms with E-state index in [1.54, 1.807) is 6.08 Å². The second kappa shape index (κ2) is 6.70. The third-order valence-corrected chi connectivity index (χ3v) is 4.17. The third-order valence-electron chi connectivity index (χ3n) is 4.17. The van der Waals surface area contributed by atoms with Gasteiger partial charge in [-0.15, -0.1) is 0 Å². The molecule has 0 amide bonds. The Morgan fingerprint density at radius 1 is 1.26 bits per heavy atom. The second-order valence-corrected chi connectivity index (χ2v) is 5.87. The number of allylic oxidation sites excluding steroid dienone is 2. The fraction of sp³-hybridized carbons (Fsp3) is 0.500. The number of hydrogen-bond acceptors (Lipinski definition) is 1. The molecule has 2 atom stereocenters. The van der Waals surface area contributed by atoms with Crippen LogP contribution >= 0.6 is 0 Å². The van der Waals surface area contributed by atoms with Crippen molar-refractivity contribution in [2.24, 2.45) is 5.92 Å². The molecule has 19 heavy (non-hydrogen) atoms. The molecule has 1 aromatic rings. The minimum atomic E-state index is 0.296. The van der Waals surface area contributed by atoms with Crippen molar-refractivity contribution in [3.05, 3.63) is 47.5 Å². The number of carbonyl (C=O) groups is 1. The molecule has 0 heterocycles. The summed E-state index contributed by atoms with van der Waals surface area (Å²) in [5.41, 5.74) is 2.77. The van der Waals surface area contributed by atoms with E-state index in [-0.39, 0.29) is 0 Å². The maximum atomic E-state index is 11.1. The maximum absolute atomic E-state index is 11.1. The first-order valence-corrected chi connectivity index (χ1v) is 7.43. The van der Waals surface area contributed by atoms with Crippen molar-refractivity contribution in [3.63, 3.8) is 0 Å². The molecule has 1 aliphatic rings. The van der Waals surface area contributed by atoms with E-state index in [1.807, 2.05) is 0 Å². The molecular weight excluding hydrogens is 232 g/mol. The summed E-state index contributed by atoms with van der Waals surface area (Å²) in [6.07, 6.45) is 9.39. The lowest BCUT2D eigenvalue weighted by atomic mass is 9.88. The highest BCUT2D eigenvalue weighted by Crippen LogP contribution is 2.26. The summed E-state index contributed by atoms with van der Waals surface area (Å²) in [7, 11) is 0. The van der Waals surface area contributed by atoms with Crippen LogP contribution in [-0.4, -0.2) is 5.78 Å². The fourth-order valence-corrected chi connectivity index (χ4v) is 2.74. The zero-order chi connectivity index (χ0) is 13.7. The maximum Gasteiger partial charge on any atom is 0.155 e. The summed E-state index contributed by atoms with van der Waals surface area (Å²) >= 11 is 0. The van der Waals surface area contributed by atoms with E-state index in [0.29, 0.717) is 17.6 Å². The average Bonchev–Trinajstić information content (AvgIpc) is 2.41. The van der Waals surface area contributed by atoms with Crippen LogP contribution in [0.5, 0.6) is 0 Å². The van der Waals surface area contributed by atoms with Crippen molar-refractivity contribution in [3.8, 4) is 0 Å². The summed E-state index contributed by atoms with van der Waals surface area (Å²) in [6.45, 7) is 4.44. The Balaban J connectivity index is 1.75. The highest BCUT2D eigenvalue weighted by molar-refractivity contribution is 5.90. The SMILES string of the molecule is Cc1ccc([C@@H](C)CCC[C@H]2C=CC(=O)CC2)cc1. The Hall–Kier alpha value is -1.37. The molecule has 0 fully saturated rings. The van der Waals surface area contributed by atoms with E-state index in [2.05, 4.69) is 44.2 Å². The molecule has 0 unspecified atom stereocenters. The van der Waals surface area contributed by atoms with Crippen molar-refractivity contribution in [2.45, 2.75) is 51.9 Å². The van der Waals surface area contributed by atoms with Gasteiger partial charge in [-0.25, -0.2) is 0 Å². The predicted molar refractivity (Wildman–Crippen MR) is 80.3 cm³/mol. The molecule has 102 valence electrons. The molecule has 0 aromatic heterocycles. The van der Waals surface area contributed by atoms with Crippen LogP contribution in [0.4, 0.5) is 0 Å². The zero-order valence-electron chi connectivity index (χ0n) is 12.1. The van der Waals surface area contributed by atoms with E-state index < -0.39 is 0 Å². The Bertz CT molecular complexity index is 441. The molecule has 1 aromatic carbocycles. The molecule has 0 saturated carbocycles. The zero-order valence-corrected chi connectivity index (χ0v) is 12.1. The molecule has 0 aliphatic heterocycles. The number of aryl methyl sites for hydroxylation is 1. The molecule has 0 radical (unpaired) electrons. The van der Waals surface area contributed by atoms with Crippen LogP contribution in [0.3, 0.4) is 0 Å². The lowest BCUT2D eigenvalue weighted by Gasteiger charge is -2.17. The Kier molecular flexibility index (Phi) is 4.95. The summed E-state index contributed by atoms with van der Waals surface area (Å²) < 4.78 is 0. The first-order valence-electron chi connectivity index (χ1n) is 7.43. The lowest BCUT2D eigenvalue weighted by Crippen LogP contribution is -2.08. The summed E-state index contributed by atoms with van der Waals surface area (Å²) in [5.74, 6) is 1.56. The molecule has 0 saturated heterocycles. The Labute approximate surface area is 116 Å². The normalized spacial score (nSPS) is 20.5. The highest BCUT2D eigenvalue weighted by atomic mass is 16.1. The monoisotopic (exact) mass is 256 g/mol. The molecule has 1 heteroatoms. The lowest BCUT2D eigenvalue weighted by molar-refractivity contribution is -0.115. The topological polar surface area (TPSA) is 17.1 Å². The summed E-state index contributed by atoms with van der Waals surface area (Å²) in [5, 5.41) is 0. The van der Waals surface area contributed by atoms with E-state index in [1.165, 1.54) is 30.4 Å². The summed E-state index contributed by atoms with van der Waals surface area (Å²) in [4.78, 5) is 11.1. The largest absolute Gasteiger partial charge is 0.295 e. The summed E-state index contributed by atoms with van der Waals surface area (Å²) in [6, 6.07) is 8.89. The third kappa shape index (κ3) is 4.34. The van der Waals surface area contributed by atoms with E-state index in [0.717, 1.165) is 12.8 Å². The Morgan fingerprint density at radius 3 is 2.63 bits per heavy atom.